The number of benzene rings is 3. The lowest BCUT2D eigenvalue weighted by atomic mass is 10.0. The number of nitrogens with one attached hydrogen (secondary N) is 2. The molecule has 0 spiro atoms. The predicted molar refractivity (Wildman–Crippen MR) is 133 cm³/mol. The van der Waals surface area contributed by atoms with Crippen molar-refractivity contribution in [1.82, 2.24) is 10.4 Å². The molecule has 0 saturated carbocycles. The van der Waals surface area contributed by atoms with Crippen molar-refractivity contribution in [2.45, 2.75) is 6.17 Å². The molecule has 0 unspecified atom stereocenters. The third kappa shape index (κ3) is 4.57. The summed E-state index contributed by atoms with van der Waals surface area (Å²) in [7, 11) is 5.96. The molecule has 0 fully saturated rings. The van der Waals surface area contributed by atoms with Crippen LogP contribution < -0.4 is 29.7 Å². The number of anilines is 1. The molecule has 182 valence electrons. The van der Waals surface area contributed by atoms with Gasteiger partial charge in [-0.2, -0.15) is 0 Å². The van der Waals surface area contributed by atoms with Gasteiger partial charge < -0.3 is 24.3 Å². The molecule has 3 aromatic carbocycles. The lowest BCUT2D eigenvalue weighted by Crippen LogP contribution is -2.53. The standard InChI is InChI=1S/C25H24BrN3O6/c1-32-15-9-10-18(26)17(13-15)23-27-19-8-6-5-7-16(19)25(31)29(23)28-24(30)14-11-20(33-2)22(35-4)21(12-14)34-3/h5-13,23,27H,1-4H3,(H,28,30)/t23-/m1/s1. The number of para-hydroxylation sites is 1. The van der Waals surface area contributed by atoms with Crippen LogP contribution in [0.5, 0.6) is 23.0 Å². The maximum absolute atomic E-state index is 13.5. The van der Waals surface area contributed by atoms with E-state index in [2.05, 4.69) is 26.7 Å². The van der Waals surface area contributed by atoms with Crippen molar-refractivity contribution < 1.29 is 28.5 Å². The van der Waals surface area contributed by atoms with E-state index in [4.69, 9.17) is 18.9 Å². The van der Waals surface area contributed by atoms with Gasteiger partial charge in [-0.15, -0.1) is 0 Å². The first-order valence-corrected chi connectivity index (χ1v) is 11.3. The number of carbonyl (C=O) groups is 2. The predicted octanol–water partition coefficient (Wildman–Crippen LogP) is 4.40. The quantitative estimate of drug-likeness (QED) is 0.457. The van der Waals surface area contributed by atoms with Crippen molar-refractivity contribution >= 4 is 33.4 Å². The summed E-state index contributed by atoms with van der Waals surface area (Å²) in [6, 6.07) is 15.5. The molecule has 35 heavy (non-hydrogen) atoms. The molecule has 9 nitrogen and oxygen atoms in total. The number of hydrogen-bond donors (Lipinski definition) is 2. The summed E-state index contributed by atoms with van der Waals surface area (Å²) in [5.74, 6) is 0.680. The second-order valence-electron chi connectivity index (χ2n) is 7.51. The maximum Gasteiger partial charge on any atom is 0.276 e. The highest BCUT2D eigenvalue weighted by molar-refractivity contribution is 9.10. The molecule has 3 aromatic rings. The Hall–Kier alpha value is -3.92. The van der Waals surface area contributed by atoms with Gasteiger partial charge in [0.1, 0.15) is 11.9 Å². The number of amides is 2. The summed E-state index contributed by atoms with van der Waals surface area (Å²) >= 11 is 3.55. The van der Waals surface area contributed by atoms with E-state index in [1.54, 1.807) is 31.4 Å². The molecule has 0 bridgehead atoms. The topological polar surface area (TPSA) is 98.4 Å². The zero-order chi connectivity index (χ0) is 25.1. The molecule has 0 aliphatic carbocycles. The second kappa shape index (κ2) is 10.1. The third-order valence-electron chi connectivity index (χ3n) is 5.57. The number of hydrazine groups is 1. The Morgan fingerprint density at radius 1 is 0.943 bits per heavy atom. The van der Waals surface area contributed by atoms with Crippen molar-refractivity contribution in [3.8, 4) is 23.0 Å². The minimum Gasteiger partial charge on any atom is -0.497 e. The van der Waals surface area contributed by atoms with E-state index >= 15 is 0 Å². The molecule has 4 rings (SSSR count). The number of carbonyl (C=O) groups excluding carboxylic acids is 2. The fraction of sp³-hybridized carbons (Fsp3) is 0.200. The summed E-state index contributed by atoms with van der Waals surface area (Å²) in [4.78, 5) is 26.9. The Labute approximate surface area is 211 Å². The van der Waals surface area contributed by atoms with Gasteiger partial charge in [0, 0.05) is 21.3 Å². The van der Waals surface area contributed by atoms with Crippen molar-refractivity contribution in [2.75, 3.05) is 33.8 Å². The molecule has 2 N–H and O–H groups in total. The minimum atomic E-state index is -0.729. The highest BCUT2D eigenvalue weighted by atomic mass is 79.9. The van der Waals surface area contributed by atoms with Crippen LogP contribution in [0.4, 0.5) is 5.69 Å². The number of hydrogen-bond acceptors (Lipinski definition) is 7. The van der Waals surface area contributed by atoms with Gasteiger partial charge in [0.05, 0.1) is 34.0 Å². The molecular weight excluding hydrogens is 518 g/mol. The molecule has 1 atom stereocenters. The Kier molecular flexibility index (Phi) is 7.02. The molecular formula is C25H24BrN3O6. The summed E-state index contributed by atoms with van der Waals surface area (Å²) < 4.78 is 22.2. The normalized spacial score (nSPS) is 14.5. The molecule has 1 heterocycles. The Balaban J connectivity index is 1.76. The van der Waals surface area contributed by atoms with E-state index in [0.717, 1.165) is 4.47 Å². The van der Waals surface area contributed by atoms with Gasteiger partial charge in [0.2, 0.25) is 5.75 Å². The van der Waals surface area contributed by atoms with Gasteiger partial charge in [-0.05, 0) is 42.5 Å². The number of ether oxygens (including phenoxy) is 4. The van der Waals surface area contributed by atoms with Crippen LogP contribution in [-0.4, -0.2) is 45.3 Å². The van der Waals surface area contributed by atoms with E-state index in [1.807, 2.05) is 18.2 Å². The number of rotatable bonds is 7. The average molecular weight is 542 g/mol. The lowest BCUT2D eigenvalue weighted by Gasteiger charge is -2.38. The third-order valence-corrected chi connectivity index (χ3v) is 6.30. The molecule has 10 heteroatoms. The van der Waals surface area contributed by atoms with E-state index in [1.165, 1.54) is 38.5 Å². The van der Waals surface area contributed by atoms with Crippen molar-refractivity contribution in [1.29, 1.82) is 0 Å². The lowest BCUT2D eigenvalue weighted by molar-refractivity contribution is 0.0490. The number of nitrogens with zero attached hydrogens (tertiary/aromatic N) is 1. The minimum absolute atomic E-state index is 0.217. The number of halogens is 1. The average Bonchev–Trinajstić information content (AvgIpc) is 2.89. The summed E-state index contributed by atoms with van der Waals surface area (Å²) in [6.45, 7) is 0. The highest BCUT2D eigenvalue weighted by Gasteiger charge is 2.36. The van der Waals surface area contributed by atoms with Gasteiger partial charge >= 0.3 is 0 Å². The van der Waals surface area contributed by atoms with Crippen LogP contribution in [0.15, 0.2) is 59.1 Å². The van der Waals surface area contributed by atoms with Crippen LogP contribution in [0, 0.1) is 0 Å². The molecule has 0 aromatic heterocycles. The monoisotopic (exact) mass is 541 g/mol. The first-order chi connectivity index (χ1) is 16.9. The highest BCUT2D eigenvalue weighted by Crippen LogP contribution is 2.39. The first-order valence-electron chi connectivity index (χ1n) is 10.5. The smallest absolute Gasteiger partial charge is 0.276 e. The van der Waals surface area contributed by atoms with Crippen molar-refractivity contribution in [2.24, 2.45) is 0 Å². The largest absolute Gasteiger partial charge is 0.497 e. The van der Waals surface area contributed by atoms with Gasteiger partial charge in [0.25, 0.3) is 11.8 Å². The van der Waals surface area contributed by atoms with Gasteiger partial charge in [0.15, 0.2) is 11.5 Å². The van der Waals surface area contributed by atoms with Crippen LogP contribution in [-0.2, 0) is 0 Å². The van der Waals surface area contributed by atoms with E-state index in [9.17, 15) is 9.59 Å². The van der Waals surface area contributed by atoms with Crippen LogP contribution in [0.3, 0.4) is 0 Å². The fourth-order valence-electron chi connectivity index (χ4n) is 3.83. The molecule has 2 amide bonds. The molecule has 0 radical (unpaired) electrons. The van der Waals surface area contributed by atoms with Crippen LogP contribution in [0.25, 0.3) is 0 Å². The van der Waals surface area contributed by atoms with E-state index in [-0.39, 0.29) is 11.5 Å². The van der Waals surface area contributed by atoms with Crippen LogP contribution >= 0.6 is 15.9 Å². The van der Waals surface area contributed by atoms with Crippen LogP contribution in [0.1, 0.15) is 32.4 Å². The zero-order valence-electron chi connectivity index (χ0n) is 19.5. The van der Waals surface area contributed by atoms with Crippen LogP contribution in [0.2, 0.25) is 0 Å². The Morgan fingerprint density at radius 2 is 1.63 bits per heavy atom. The number of fused-ring (bicyclic) bond motifs is 1. The molecule has 1 aliphatic heterocycles. The fourth-order valence-corrected chi connectivity index (χ4v) is 4.29. The van der Waals surface area contributed by atoms with Gasteiger partial charge in [-0.3, -0.25) is 15.0 Å². The number of methoxy groups -OCH3 is 4. The summed E-state index contributed by atoms with van der Waals surface area (Å²) in [5.41, 5.74) is 4.73. The maximum atomic E-state index is 13.5. The zero-order valence-corrected chi connectivity index (χ0v) is 21.1. The SMILES string of the molecule is COc1ccc(Br)c([C@@H]2Nc3ccccc3C(=O)N2NC(=O)c2cc(OC)c(OC)c(OC)c2)c1. The molecule has 0 saturated heterocycles. The second-order valence-corrected chi connectivity index (χ2v) is 8.36. The van der Waals surface area contributed by atoms with Gasteiger partial charge in [-0.25, -0.2) is 5.01 Å². The van der Waals surface area contributed by atoms with Crippen molar-refractivity contribution in [3.05, 3.63) is 75.8 Å². The molecule has 1 aliphatic rings. The van der Waals surface area contributed by atoms with Crippen molar-refractivity contribution in [3.63, 3.8) is 0 Å². The summed E-state index contributed by atoms with van der Waals surface area (Å²) in [5, 5.41) is 4.60. The first kappa shape index (κ1) is 24.2. The van der Waals surface area contributed by atoms with E-state index in [0.29, 0.717) is 39.8 Å². The summed E-state index contributed by atoms with van der Waals surface area (Å²) in [6.07, 6.45) is -0.729. The Morgan fingerprint density at radius 3 is 2.26 bits per heavy atom. The van der Waals surface area contributed by atoms with Gasteiger partial charge in [-0.1, -0.05) is 28.1 Å². The van der Waals surface area contributed by atoms with E-state index < -0.39 is 12.1 Å². The Bertz CT molecular complexity index is 1260.